The maximum atomic E-state index is 13.7. The summed E-state index contributed by atoms with van der Waals surface area (Å²) in [5, 5.41) is 21.9. The number of aromatic hydroxyl groups is 1. The normalized spacial score (nSPS) is 20.3. The Balaban J connectivity index is 0.00000200. The molecular weight excluding hydrogens is 302 g/mol. The monoisotopic (exact) mass is 310 g/mol. The number of carbonyl (C=O) groups is 1. The molecule has 2 rings (SSSR count). The number of cyclic esters (lactones) is 1. The molecule has 1 aromatic carbocycles. The van der Waals surface area contributed by atoms with Gasteiger partial charge in [0.1, 0.15) is 11.8 Å². The summed E-state index contributed by atoms with van der Waals surface area (Å²) in [6, 6.07) is 0.784. The second-order valence-corrected chi connectivity index (χ2v) is 3.91. The number of nitrogens with zero attached hydrogens (tertiary/aromatic N) is 1. The van der Waals surface area contributed by atoms with E-state index in [9.17, 15) is 28.8 Å². The summed E-state index contributed by atoms with van der Waals surface area (Å²) in [6.45, 7) is -1.18. The number of nitrogens with one attached hydrogen (secondary N) is 1. The molecule has 0 saturated carbocycles. The van der Waals surface area contributed by atoms with Gasteiger partial charge in [0.05, 0.1) is 10.5 Å². The van der Waals surface area contributed by atoms with Crippen LogP contribution in [0.5, 0.6) is 5.75 Å². The Labute approximate surface area is 117 Å². The minimum atomic E-state index is -3.52. The third-order valence-corrected chi connectivity index (χ3v) is 2.60. The molecule has 7 nitrogen and oxygen atoms in total. The highest BCUT2D eigenvalue weighted by atomic mass is 35.5. The molecule has 1 amide bonds. The van der Waals surface area contributed by atoms with Gasteiger partial charge in [-0.1, -0.05) is 0 Å². The van der Waals surface area contributed by atoms with E-state index in [1.165, 1.54) is 0 Å². The van der Waals surface area contributed by atoms with Gasteiger partial charge < -0.3 is 15.2 Å². The molecular formula is C10H9ClF2N2O5. The molecule has 1 aromatic rings. The molecule has 1 saturated heterocycles. The third kappa shape index (κ3) is 2.87. The zero-order chi connectivity index (χ0) is 14.2. The summed E-state index contributed by atoms with van der Waals surface area (Å²) in [7, 11) is 0. The molecule has 0 bridgehead atoms. The average Bonchev–Trinajstić information content (AvgIpc) is 2.32. The van der Waals surface area contributed by atoms with Crippen molar-refractivity contribution in [2.45, 2.75) is 12.0 Å². The predicted octanol–water partition coefficient (Wildman–Crippen LogP) is 2.14. The van der Waals surface area contributed by atoms with Crippen LogP contribution in [-0.4, -0.2) is 28.7 Å². The van der Waals surface area contributed by atoms with E-state index in [0.717, 1.165) is 18.2 Å². The Morgan fingerprint density at radius 2 is 2.15 bits per heavy atom. The first kappa shape index (κ1) is 15.9. The Bertz CT molecular complexity index is 554. The Morgan fingerprint density at radius 3 is 2.75 bits per heavy atom. The van der Waals surface area contributed by atoms with Crippen LogP contribution in [0.4, 0.5) is 19.3 Å². The lowest BCUT2D eigenvalue weighted by Gasteiger charge is -2.31. The van der Waals surface area contributed by atoms with Crippen LogP contribution in [0.2, 0.25) is 0 Å². The molecule has 0 aromatic heterocycles. The van der Waals surface area contributed by atoms with Gasteiger partial charge in [-0.3, -0.25) is 10.1 Å². The summed E-state index contributed by atoms with van der Waals surface area (Å²) in [5.74, 6) is -3.94. The number of alkyl halides is 2. The lowest BCUT2D eigenvalue weighted by molar-refractivity contribution is -0.386. The summed E-state index contributed by atoms with van der Waals surface area (Å²) < 4.78 is 31.5. The number of halogens is 3. The van der Waals surface area contributed by atoms with Gasteiger partial charge in [-0.15, -0.1) is 12.4 Å². The molecule has 1 fully saturated rings. The van der Waals surface area contributed by atoms with Crippen molar-refractivity contribution in [2.75, 3.05) is 6.61 Å². The molecule has 10 heteroatoms. The fourth-order valence-electron chi connectivity index (χ4n) is 1.75. The van der Waals surface area contributed by atoms with Crippen molar-refractivity contribution in [1.29, 1.82) is 0 Å². The van der Waals surface area contributed by atoms with Crippen LogP contribution in [0, 0.1) is 10.1 Å². The third-order valence-electron chi connectivity index (χ3n) is 2.60. The molecule has 0 radical (unpaired) electrons. The molecule has 0 aliphatic carbocycles. The van der Waals surface area contributed by atoms with Gasteiger partial charge in [0, 0.05) is 6.07 Å². The number of alkyl carbamates (subject to hydrolysis) is 1. The summed E-state index contributed by atoms with van der Waals surface area (Å²) in [6.07, 6.45) is -1.10. The van der Waals surface area contributed by atoms with Crippen LogP contribution < -0.4 is 5.32 Å². The van der Waals surface area contributed by atoms with E-state index in [1.807, 2.05) is 5.32 Å². The van der Waals surface area contributed by atoms with Gasteiger partial charge in [0.2, 0.25) is 0 Å². The highest BCUT2D eigenvalue weighted by Gasteiger charge is 2.49. The number of benzene rings is 1. The van der Waals surface area contributed by atoms with E-state index in [4.69, 9.17) is 0 Å². The zero-order valence-corrected chi connectivity index (χ0v) is 10.5. The minimum absolute atomic E-state index is 0. The standard InChI is InChI=1S/C10H8F2N2O5.ClH/c11-10(12)4-19-9(16)13-8(10)6-3-5(15)1-2-7(6)14(17)18;/h1-3,8,15H,4H2,(H,13,16);1H/t8-;/m1./s1. The van der Waals surface area contributed by atoms with Crippen molar-refractivity contribution in [1.82, 2.24) is 5.32 Å². The number of phenols is 1. The number of nitro groups is 1. The molecule has 2 N–H and O–H groups in total. The first-order chi connectivity index (χ1) is 8.81. The van der Waals surface area contributed by atoms with E-state index in [-0.39, 0.29) is 12.4 Å². The number of amides is 1. The second-order valence-electron chi connectivity index (χ2n) is 3.91. The fourth-order valence-corrected chi connectivity index (χ4v) is 1.75. The van der Waals surface area contributed by atoms with Crippen molar-refractivity contribution in [2.24, 2.45) is 0 Å². The predicted molar refractivity (Wildman–Crippen MR) is 64.2 cm³/mol. The molecule has 110 valence electrons. The van der Waals surface area contributed by atoms with Crippen LogP contribution in [0.3, 0.4) is 0 Å². The Hall–Kier alpha value is -2.16. The first-order valence-electron chi connectivity index (χ1n) is 5.09. The molecule has 1 atom stereocenters. The molecule has 1 aliphatic heterocycles. The number of hydrogen-bond donors (Lipinski definition) is 2. The topological polar surface area (TPSA) is 102 Å². The molecule has 0 spiro atoms. The minimum Gasteiger partial charge on any atom is -0.508 e. The van der Waals surface area contributed by atoms with E-state index in [0.29, 0.717) is 0 Å². The van der Waals surface area contributed by atoms with Crippen molar-refractivity contribution in [3.8, 4) is 5.75 Å². The van der Waals surface area contributed by atoms with Crippen LogP contribution in [0.25, 0.3) is 0 Å². The number of nitro benzene ring substituents is 1. The van der Waals surface area contributed by atoms with Crippen molar-refractivity contribution < 1.29 is 28.3 Å². The molecule has 20 heavy (non-hydrogen) atoms. The van der Waals surface area contributed by atoms with Crippen molar-refractivity contribution in [3.63, 3.8) is 0 Å². The van der Waals surface area contributed by atoms with Crippen LogP contribution in [0.1, 0.15) is 11.6 Å². The number of hydrogen-bond acceptors (Lipinski definition) is 5. The lowest BCUT2D eigenvalue weighted by Crippen LogP contribution is -2.49. The fraction of sp³-hybridized carbons (Fsp3) is 0.300. The number of rotatable bonds is 2. The largest absolute Gasteiger partial charge is 0.508 e. The molecule has 1 heterocycles. The van der Waals surface area contributed by atoms with Gasteiger partial charge in [0.25, 0.3) is 5.69 Å². The van der Waals surface area contributed by atoms with Gasteiger partial charge in [0.15, 0.2) is 6.61 Å². The van der Waals surface area contributed by atoms with Crippen molar-refractivity contribution in [3.05, 3.63) is 33.9 Å². The van der Waals surface area contributed by atoms with Crippen LogP contribution in [-0.2, 0) is 4.74 Å². The van der Waals surface area contributed by atoms with Gasteiger partial charge in [-0.05, 0) is 12.1 Å². The van der Waals surface area contributed by atoms with E-state index < -0.39 is 46.6 Å². The zero-order valence-electron chi connectivity index (χ0n) is 9.71. The van der Waals surface area contributed by atoms with E-state index in [2.05, 4.69) is 4.74 Å². The smallest absolute Gasteiger partial charge is 0.408 e. The van der Waals surface area contributed by atoms with Gasteiger partial charge in [-0.2, -0.15) is 0 Å². The summed E-state index contributed by atoms with van der Waals surface area (Å²) in [5.41, 5.74) is -1.10. The quantitative estimate of drug-likeness (QED) is 0.643. The Kier molecular flexibility index (Phi) is 4.33. The van der Waals surface area contributed by atoms with Gasteiger partial charge in [-0.25, -0.2) is 13.6 Å². The van der Waals surface area contributed by atoms with E-state index >= 15 is 0 Å². The van der Waals surface area contributed by atoms with Crippen molar-refractivity contribution >= 4 is 24.2 Å². The molecule has 0 unspecified atom stereocenters. The second kappa shape index (κ2) is 5.45. The highest BCUT2D eigenvalue weighted by molar-refractivity contribution is 5.85. The van der Waals surface area contributed by atoms with Gasteiger partial charge >= 0.3 is 12.0 Å². The van der Waals surface area contributed by atoms with Crippen LogP contribution in [0.15, 0.2) is 18.2 Å². The highest BCUT2D eigenvalue weighted by Crippen LogP contribution is 2.39. The number of phenolic OH excluding ortho intramolecular Hbond substituents is 1. The SMILES string of the molecule is Cl.O=C1N[C@H](c2cc(O)ccc2[N+](=O)[O-])C(F)(F)CO1. The first-order valence-corrected chi connectivity index (χ1v) is 5.09. The summed E-state index contributed by atoms with van der Waals surface area (Å²) >= 11 is 0. The van der Waals surface area contributed by atoms with Crippen LogP contribution >= 0.6 is 12.4 Å². The maximum absolute atomic E-state index is 13.7. The number of carbonyl (C=O) groups excluding carboxylic acids is 1. The lowest BCUT2D eigenvalue weighted by atomic mass is 9.98. The maximum Gasteiger partial charge on any atom is 0.408 e. The van der Waals surface area contributed by atoms with E-state index in [1.54, 1.807) is 0 Å². The molecule has 1 aliphatic rings. The summed E-state index contributed by atoms with van der Waals surface area (Å²) in [4.78, 5) is 20.9. The Morgan fingerprint density at radius 1 is 1.50 bits per heavy atom. The average molecular weight is 311 g/mol. The number of ether oxygens (including phenoxy) is 1.